The number of aryl methyl sites for hydroxylation is 1. The number of ether oxygens (including phenoxy) is 1. The minimum atomic E-state index is -0.476. The Morgan fingerprint density at radius 1 is 1.26 bits per heavy atom. The second-order valence-corrected chi connectivity index (χ2v) is 5.68. The number of furan rings is 1. The summed E-state index contributed by atoms with van der Waals surface area (Å²) in [4.78, 5) is 22.2. The molecule has 3 aromatic rings. The van der Waals surface area contributed by atoms with Crippen molar-refractivity contribution in [3.8, 4) is 5.75 Å². The van der Waals surface area contributed by atoms with Crippen LogP contribution in [0.4, 0.5) is 5.69 Å². The number of non-ortho nitro benzene ring substituents is 1. The Bertz CT molecular complexity index is 887. The summed E-state index contributed by atoms with van der Waals surface area (Å²) in [7, 11) is 0. The number of nitro benzene ring substituents is 1. The average molecular weight is 370 g/mol. The Morgan fingerprint density at radius 3 is 2.78 bits per heavy atom. The SMILES string of the molecule is O=C(NCCCn1cccn1)c1ccc(COc2ccc([N+](=O)[O-])cc2)o1. The first-order valence-corrected chi connectivity index (χ1v) is 8.33. The zero-order chi connectivity index (χ0) is 19.1. The zero-order valence-corrected chi connectivity index (χ0v) is 14.4. The first kappa shape index (κ1) is 18.2. The van der Waals surface area contributed by atoms with Gasteiger partial charge in [0, 0.05) is 37.6 Å². The third-order valence-electron chi connectivity index (χ3n) is 3.72. The molecule has 2 aromatic heterocycles. The van der Waals surface area contributed by atoms with Gasteiger partial charge in [-0.1, -0.05) is 0 Å². The van der Waals surface area contributed by atoms with Crippen LogP contribution in [0.3, 0.4) is 0 Å². The number of nitrogens with one attached hydrogen (secondary N) is 1. The lowest BCUT2D eigenvalue weighted by atomic mass is 10.3. The number of hydrogen-bond donors (Lipinski definition) is 1. The summed E-state index contributed by atoms with van der Waals surface area (Å²) in [6.45, 7) is 1.35. The van der Waals surface area contributed by atoms with E-state index in [9.17, 15) is 14.9 Å². The lowest BCUT2D eigenvalue weighted by molar-refractivity contribution is -0.384. The normalized spacial score (nSPS) is 10.5. The molecule has 140 valence electrons. The maximum atomic E-state index is 12.1. The fourth-order valence-corrected chi connectivity index (χ4v) is 2.36. The number of aromatic nitrogens is 2. The number of rotatable bonds is 9. The van der Waals surface area contributed by atoms with Crippen LogP contribution < -0.4 is 10.1 Å². The number of nitro groups is 1. The smallest absolute Gasteiger partial charge is 0.286 e. The summed E-state index contributed by atoms with van der Waals surface area (Å²) in [5.74, 6) is 0.866. The molecule has 0 aliphatic carbocycles. The average Bonchev–Trinajstić information content (AvgIpc) is 3.35. The molecule has 9 nitrogen and oxygen atoms in total. The van der Waals surface area contributed by atoms with Gasteiger partial charge in [-0.2, -0.15) is 5.10 Å². The lowest BCUT2D eigenvalue weighted by Crippen LogP contribution is -2.24. The molecule has 1 N–H and O–H groups in total. The fourth-order valence-electron chi connectivity index (χ4n) is 2.36. The lowest BCUT2D eigenvalue weighted by Gasteiger charge is -2.05. The van der Waals surface area contributed by atoms with E-state index >= 15 is 0 Å². The molecule has 0 fully saturated rings. The minimum Gasteiger partial charge on any atom is -0.486 e. The molecule has 0 radical (unpaired) electrons. The van der Waals surface area contributed by atoms with E-state index in [1.165, 1.54) is 24.3 Å². The van der Waals surface area contributed by atoms with Crippen LogP contribution in [0.2, 0.25) is 0 Å². The van der Waals surface area contributed by atoms with Crippen LogP contribution in [0.15, 0.2) is 59.3 Å². The van der Waals surface area contributed by atoms with Gasteiger partial charge < -0.3 is 14.5 Å². The van der Waals surface area contributed by atoms with Crippen molar-refractivity contribution < 1.29 is 18.9 Å². The number of nitrogens with zero attached hydrogens (tertiary/aromatic N) is 3. The summed E-state index contributed by atoms with van der Waals surface area (Å²) in [5, 5.41) is 17.5. The van der Waals surface area contributed by atoms with E-state index in [1.54, 1.807) is 23.0 Å². The van der Waals surface area contributed by atoms with Gasteiger partial charge in [-0.05, 0) is 36.8 Å². The van der Waals surface area contributed by atoms with Gasteiger partial charge in [-0.25, -0.2) is 0 Å². The van der Waals surface area contributed by atoms with Gasteiger partial charge in [0.2, 0.25) is 0 Å². The first-order valence-electron chi connectivity index (χ1n) is 8.33. The minimum absolute atomic E-state index is 0.00753. The molecular formula is C18H18N4O5. The molecule has 9 heteroatoms. The highest BCUT2D eigenvalue weighted by atomic mass is 16.6. The van der Waals surface area contributed by atoms with Crippen molar-refractivity contribution in [3.05, 3.63) is 76.5 Å². The van der Waals surface area contributed by atoms with Gasteiger partial charge in [0.25, 0.3) is 11.6 Å². The van der Waals surface area contributed by atoms with Gasteiger partial charge in [-0.3, -0.25) is 19.6 Å². The summed E-state index contributed by atoms with van der Waals surface area (Å²) in [6, 6.07) is 10.8. The number of carbonyl (C=O) groups is 1. The maximum Gasteiger partial charge on any atom is 0.286 e. The van der Waals surface area contributed by atoms with Gasteiger partial charge >= 0.3 is 0 Å². The Hall–Kier alpha value is -3.62. The third-order valence-corrected chi connectivity index (χ3v) is 3.72. The topological polar surface area (TPSA) is 112 Å². The second-order valence-electron chi connectivity index (χ2n) is 5.68. The highest BCUT2D eigenvalue weighted by molar-refractivity contribution is 5.91. The Kier molecular flexibility index (Phi) is 5.83. The third kappa shape index (κ3) is 5.18. The van der Waals surface area contributed by atoms with E-state index in [2.05, 4.69) is 10.4 Å². The molecule has 0 atom stereocenters. The number of hydrogen-bond acceptors (Lipinski definition) is 6. The van der Waals surface area contributed by atoms with Crippen molar-refractivity contribution in [2.75, 3.05) is 6.54 Å². The quantitative estimate of drug-likeness (QED) is 0.352. The van der Waals surface area contributed by atoms with E-state index in [-0.39, 0.29) is 24.0 Å². The molecule has 1 aromatic carbocycles. The molecule has 0 saturated heterocycles. The van der Waals surface area contributed by atoms with Crippen molar-refractivity contribution in [1.82, 2.24) is 15.1 Å². The van der Waals surface area contributed by atoms with E-state index in [0.29, 0.717) is 18.1 Å². The van der Waals surface area contributed by atoms with Gasteiger partial charge in [0.05, 0.1) is 4.92 Å². The molecule has 0 aliphatic rings. The van der Waals surface area contributed by atoms with Crippen molar-refractivity contribution in [2.45, 2.75) is 19.6 Å². The van der Waals surface area contributed by atoms with Crippen molar-refractivity contribution in [2.24, 2.45) is 0 Å². The monoisotopic (exact) mass is 370 g/mol. The molecule has 0 unspecified atom stereocenters. The van der Waals surface area contributed by atoms with Gasteiger partial charge in [-0.15, -0.1) is 0 Å². The number of benzene rings is 1. The van der Waals surface area contributed by atoms with Crippen LogP contribution in [0, 0.1) is 10.1 Å². The van der Waals surface area contributed by atoms with E-state index in [4.69, 9.17) is 9.15 Å². The standard InChI is InChI=1S/C18H18N4O5/c23-18(19-9-1-11-21-12-2-10-20-21)17-8-7-16(27-17)13-26-15-5-3-14(4-6-15)22(24)25/h2-8,10,12H,1,9,11,13H2,(H,19,23). The zero-order valence-electron chi connectivity index (χ0n) is 14.4. The van der Waals surface area contributed by atoms with E-state index < -0.39 is 4.92 Å². The van der Waals surface area contributed by atoms with Crippen LogP contribution in [0.5, 0.6) is 5.75 Å². The molecule has 27 heavy (non-hydrogen) atoms. The Labute approximate surface area is 154 Å². The van der Waals surface area contributed by atoms with E-state index in [1.807, 2.05) is 12.3 Å². The Balaban J connectivity index is 1.43. The predicted molar refractivity (Wildman–Crippen MR) is 95.3 cm³/mol. The van der Waals surface area contributed by atoms with Crippen molar-refractivity contribution in [3.63, 3.8) is 0 Å². The highest BCUT2D eigenvalue weighted by Gasteiger charge is 2.11. The Morgan fingerprint density at radius 2 is 2.07 bits per heavy atom. The van der Waals surface area contributed by atoms with Gasteiger partial charge in [0.1, 0.15) is 18.1 Å². The molecule has 0 saturated carbocycles. The van der Waals surface area contributed by atoms with Crippen molar-refractivity contribution in [1.29, 1.82) is 0 Å². The largest absolute Gasteiger partial charge is 0.486 e. The van der Waals surface area contributed by atoms with Crippen LogP contribution in [-0.4, -0.2) is 27.2 Å². The van der Waals surface area contributed by atoms with Gasteiger partial charge in [0.15, 0.2) is 5.76 Å². The van der Waals surface area contributed by atoms with Crippen LogP contribution >= 0.6 is 0 Å². The molecule has 0 spiro atoms. The first-order chi connectivity index (χ1) is 13.1. The molecule has 0 aliphatic heterocycles. The van der Waals surface area contributed by atoms with Crippen molar-refractivity contribution >= 4 is 11.6 Å². The molecule has 3 rings (SSSR count). The number of carbonyl (C=O) groups excluding carboxylic acids is 1. The van der Waals surface area contributed by atoms with Crippen LogP contribution in [0.1, 0.15) is 22.7 Å². The summed E-state index contributed by atoms with van der Waals surface area (Å²) < 4.78 is 12.8. The van der Waals surface area contributed by atoms with Crippen LogP contribution in [-0.2, 0) is 13.2 Å². The molecule has 2 heterocycles. The van der Waals surface area contributed by atoms with Crippen LogP contribution in [0.25, 0.3) is 0 Å². The number of amides is 1. The van der Waals surface area contributed by atoms with E-state index in [0.717, 1.165) is 13.0 Å². The second kappa shape index (κ2) is 8.65. The molecular weight excluding hydrogens is 352 g/mol. The maximum absolute atomic E-state index is 12.1. The molecule has 0 bridgehead atoms. The fraction of sp³-hybridized carbons (Fsp3) is 0.222. The predicted octanol–water partition coefficient (Wildman–Crippen LogP) is 2.78. The highest BCUT2D eigenvalue weighted by Crippen LogP contribution is 2.19. The summed E-state index contributed by atoms with van der Waals surface area (Å²) in [5.41, 5.74) is -0.00753. The molecule has 1 amide bonds. The summed E-state index contributed by atoms with van der Waals surface area (Å²) >= 11 is 0. The summed E-state index contributed by atoms with van der Waals surface area (Å²) in [6.07, 6.45) is 4.33.